The summed E-state index contributed by atoms with van der Waals surface area (Å²) < 4.78 is 12.5. The molecule has 2 bridgehead atoms. The number of halogens is 1. The van der Waals surface area contributed by atoms with Crippen LogP contribution in [0.3, 0.4) is 0 Å². The standard InChI is InChI=1S/C31H41ClN2O6/c1-6-10-11-18-39-29(38)24-23-27(36)34(21(8-3)19-35)26(31(23)16-15-30(24,9-4)40-31)28(37)33(17-7-2)25-20(5)13-12-14-22(25)32/h6-7,12-14,21,23-24,26,35H,1-2,8-11,15-19H2,3-5H3/t21-,23-,24-,26?,30+,31?/m0/s1. The van der Waals surface area contributed by atoms with E-state index >= 15 is 0 Å². The molecule has 1 N–H and O–H groups in total. The highest BCUT2D eigenvalue weighted by Gasteiger charge is 2.79. The van der Waals surface area contributed by atoms with E-state index < -0.39 is 41.1 Å². The quantitative estimate of drug-likeness (QED) is 0.211. The Morgan fingerprint density at radius 2 is 2.05 bits per heavy atom. The molecule has 0 saturated carbocycles. The number of likely N-dealkylation sites (tertiary alicyclic amines) is 1. The summed E-state index contributed by atoms with van der Waals surface area (Å²) in [6.45, 7) is 13.3. The fraction of sp³-hybridized carbons (Fsp3) is 0.581. The van der Waals surface area contributed by atoms with Crippen molar-refractivity contribution in [3.05, 3.63) is 54.1 Å². The van der Waals surface area contributed by atoms with Gasteiger partial charge < -0.3 is 24.4 Å². The first-order valence-electron chi connectivity index (χ1n) is 14.3. The first-order valence-corrected chi connectivity index (χ1v) is 14.6. The number of aliphatic hydroxyl groups is 1. The molecule has 3 heterocycles. The van der Waals surface area contributed by atoms with Crippen molar-refractivity contribution >= 4 is 35.1 Å². The second-order valence-electron chi connectivity index (χ2n) is 11.1. The average molecular weight is 573 g/mol. The van der Waals surface area contributed by atoms with Crippen LogP contribution in [-0.2, 0) is 23.9 Å². The zero-order valence-electron chi connectivity index (χ0n) is 23.7. The highest BCUT2D eigenvalue weighted by molar-refractivity contribution is 6.34. The predicted octanol–water partition coefficient (Wildman–Crippen LogP) is 4.60. The third-order valence-electron chi connectivity index (χ3n) is 9.02. The summed E-state index contributed by atoms with van der Waals surface area (Å²) in [6.07, 6.45) is 6.62. The summed E-state index contributed by atoms with van der Waals surface area (Å²) in [5.74, 6) is -2.92. The number of ether oxygens (including phenoxy) is 2. The van der Waals surface area contributed by atoms with Gasteiger partial charge in [0.25, 0.3) is 5.91 Å². The van der Waals surface area contributed by atoms with E-state index in [1.54, 1.807) is 23.1 Å². The Labute approximate surface area is 241 Å². The number of amides is 2. The molecule has 0 aromatic heterocycles. The SMILES string of the molecule is C=CCCCOC(=O)[C@@H]1[C@H]2C(=O)N([C@@H](CC)CO)C(C(=O)N(CC=C)c3c(C)cccc3Cl)C23CC[C@@]1(CC)O3. The van der Waals surface area contributed by atoms with Gasteiger partial charge in [0.1, 0.15) is 17.6 Å². The Morgan fingerprint density at radius 3 is 2.65 bits per heavy atom. The van der Waals surface area contributed by atoms with Crippen molar-refractivity contribution in [2.75, 3.05) is 24.7 Å². The molecule has 3 aliphatic heterocycles. The zero-order valence-corrected chi connectivity index (χ0v) is 24.5. The Kier molecular flexibility index (Phi) is 9.12. The monoisotopic (exact) mass is 572 g/mol. The molecular weight excluding hydrogens is 532 g/mol. The second-order valence-corrected chi connectivity index (χ2v) is 11.5. The largest absolute Gasteiger partial charge is 0.465 e. The lowest BCUT2D eigenvalue weighted by atomic mass is 9.65. The molecule has 1 aromatic rings. The number of hydrogen-bond donors (Lipinski definition) is 1. The third-order valence-corrected chi connectivity index (χ3v) is 9.32. The van der Waals surface area contributed by atoms with E-state index in [0.29, 0.717) is 49.2 Å². The molecule has 9 heteroatoms. The van der Waals surface area contributed by atoms with Crippen LogP contribution in [0.15, 0.2) is 43.5 Å². The lowest BCUT2D eigenvalue weighted by Crippen LogP contribution is -2.59. The fourth-order valence-electron chi connectivity index (χ4n) is 7.12. The number of unbranched alkanes of at least 4 members (excludes halogenated alkanes) is 1. The maximum Gasteiger partial charge on any atom is 0.312 e. The number of hydrogen-bond acceptors (Lipinski definition) is 6. The molecule has 4 rings (SSSR count). The highest BCUT2D eigenvalue weighted by Crippen LogP contribution is 2.65. The Bertz CT molecular complexity index is 1150. The number of esters is 1. The number of benzene rings is 1. The van der Waals surface area contributed by atoms with Crippen LogP contribution in [0.4, 0.5) is 5.69 Å². The molecule has 3 saturated heterocycles. The van der Waals surface area contributed by atoms with Gasteiger partial charge in [-0.05, 0) is 57.1 Å². The minimum atomic E-state index is -1.23. The van der Waals surface area contributed by atoms with Gasteiger partial charge in [-0.1, -0.05) is 49.7 Å². The van der Waals surface area contributed by atoms with Crippen molar-refractivity contribution in [3.8, 4) is 0 Å². The Morgan fingerprint density at radius 1 is 1.30 bits per heavy atom. The van der Waals surface area contributed by atoms with Crippen LogP contribution in [0.2, 0.25) is 5.02 Å². The molecule has 8 nitrogen and oxygen atoms in total. The topological polar surface area (TPSA) is 96.4 Å². The maximum atomic E-state index is 14.7. The van der Waals surface area contributed by atoms with Crippen LogP contribution in [-0.4, -0.2) is 70.8 Å². The van der Waals surface area contributed by atoms with Crippen LogP contribution in [0.5, 0.6) is 0 Å². The summed E-state index contributed by atoms with van der Waals surface area (Å²) >= 11 is 6.61. The summed E-state index contributed by atoms with van der Waals surface area (Å²) in [5, 5.41) is 10.7. The van der Waals surface area contributed by atoms with Gasteiger partial charge in [0.15, 0.2) is 0 Å². The van der Waals surface area contributed by atoms with E-state index in [-0.39, 0.29) is 31.6 Å². The van der Waals surface area contributed by atoms with Crippen LogP contribution >= 0.6 is 11.6 Å². The number of carbonyl (C=O) groups is 3. The number of aliphatic hydroxyl groups excluding tert-OH is 1. The Hall–Kier alpha value is -2.68. The van der Waals surface area contributed by atoms with Crippen molar-refractivity contribution in [2.45, 2.75) is 82.6 Å². The van der Waals surface area contributed by atoms with Gasteiger partial charge in [-0.3, -0.25) is 14.4 Å². The Balaban J connectivity index is 1.83. The number of nitrogens with zero attached hydrogens (tertiary/aromatic N) is 2. The molecule has 2 unspecified atom stereocenters. The first kappa shape index (κ1) is 30.3. The smallest absolute Gasteiger partial charge is 0.312 e. The third kappa shape index (κ3) is 4.68. The number of anilines is 1. The first-order chi connectivity index (χ1) is 19.2. The molecule has 0 radical (unpaired) electrons. The molecule has 6 atom stereocenters. The predicted molar refractivity (Wildman–Crippen MR) is 154 cm³/mol. The summed E-state index contributed by atoms with van der Waals surface area (Å²) in [7, 11) is 0. The van der Waals surface area contributed by atoms with Gasteiger partial charge in [-0.15, -0.1) is 13.2 Å². The number of aryl methyl sites for hydroxylation is 1. The molecule has 1 spiro atoms. The lowest BCUT2D eigenvalue weighted by Gasteiger charge is -2.39. The van der Waals surface area contributed by atoms with E-state index in [1.807, 2.05) is 32.9 Å². The molecule has 3 aliphatic rings. The van der Waals surface area contributed by atoms with Crippen molar-refractivity contribution in [3.63, 3.8) is 0 Å². The van der Waals surface area contributed by atoms with Crippen LogP contribution in [0.25, 0.3) is 0 Å². The number of rotatable bonds is 13. The van der Waals surface area contributed by atoms with E-state index in [4.69, 9.17) is 21.1 Å². The summed E-state index contributed by atoms with van der Waals surface area (Å²) in [5.41, 5.74) is -0.796. The van der Waals surface area contributed by atoms with Gasteiger partial charge in [0.2, 0.25) is 5.91 Å². The van der Waals surface area contributed by atoms with Crippen molar-refractivity contribution in [1.82, 2.24) is 4.90 Å². The van der Waals surface area contributed by atoms with Crippen LogP contribution in [0.1, 0.15) is 57.9 Å². The van der Waals surface area contributed by atoms with E-state index in [1.165, 1.54) is 4.90 Å². The fourth-order valence-corrected chi connectivity index (χ4v) is 7.45. The van der Waals surface area contributed by atoms with Crippen LogP contribution < -0.4 is 4.90 Å². The van der Waals surface area contributed by atoms with Gasteiger partial charge >= 0.3 is 5.97 Å². The number of allylic oxidation sites excluding steroid dienone is 1. The molecule has 0 aliphatic carbocycles. The van der Waals surface area contributed by atoms with E-state index in [9.17, 15) is 19.5 Å². The van der Waals surface area contributed by atoms with Gasteiger partial charge in [0.05, 0.1) is 41.5 Å². The minimum absolute atomic E-state index is 0.159. The molecule has 218 valence electrons. The molecular formula is C31H41ClN2O6. The second kappa shape index (κ2) is 12.0. The minimum Gasteiger partial charge on any atom is -0.465 e. The van der Waals surface area contributed by atoms with Crippen molar-refractivity contribution in [1.29, 1.82) is 0 Å². The van der Waals surface area contributed by atoms with Gasteiger partial charge in [-0.25, -0.2) is 0 Å². The van der Waals surface area contributed by atoms with E-state index in [2.05, 4.69) is 13.2 Å². The lowest BCUT2D eigenvalue weighted by molar-refractivity contribution is -0.162. The van der Waals surface area contributed by atoms with Crippen molar-refractivity contribution < 1.29 is 29.0 Å². The summed E-state index contributed by atoms with van der Waals surface area (Å²) in [4.78, 5) is 45.7. The maximum absolute atomic E-state index is 14.7. The summed E-state index contributed by atoms with van der Waals surface area (Å²) in [6, 6.07) is 3.73. The molecule has 2 amide bonds. The zero-order chi connectivity index (χ0) is 29.2. The number of para-hydroxylation sites is 1. The van der Waals surface area contributed by atoms with Crippen molar-refractivity contribution in [2.24, 2.45) is 11.8 Å². The normalized spacial score (nSPS) is 29.3. The van der Waals surface area contributed by atoms with E-state index in [0.717, 1.165) is 5.56 Å². The van der Waals surface area contributed by atoms with Gasteiger partial charge in [0, 0.05) is 6.54 Å². The average Bonchev–Trinajstić information content (AvgIpc) is 3.55. The molecule has 1 aromatic carbocycles. The molecule has 40 heavy (non-hydrogen) atoms. The molecule has 3 fully saturated rings. The van der Waals surface area contributed by atoms with Gasteiger partial charge in [-0.2, -0.15) is 0 Å². The highest BCUT2D eigenvalue weighted by atomic mass is 35.5. The van der Waals surface area contributed by atoms with Crippen LogP contribution in [0, 0.1) is 18.8 Å². The number of fused-ring (bicyclic) bond motifs is 1. The number of carbonyl (C=O) groups excluding carboxylic acids is 3.